The summed E-state index contributed by atoms with van der Waals surface area (Å²) in [6, 6.07) is 3.14. The van der Waals surface area contributed by atoms with E-state index in [-0.39, 0.29) is 11.7 Å². The third-order valence-corrected chi connectivity index (χ3v) is 3.33. The first-order valence-electron chi connectivity index (χ1n) is 6.45. The Morgan fingerprint density at radius 1 is 1.45 bits per heavy atom. The van der Waals surface area contributed by atoms with Gasteiger partial charge in [-0.25, -0.2) is 4.39 Å². The molecule has 0 aliphatic carbocycles. The fourth-order valence-electron chi connectivity index (χ4n) is 2.29. The van der Waals surface area contributed by atoms with E-state index in [1.165, 1.54) is 6.07 Å². The quantitative estimate of drug-likeness (QED) is 0.900. The molecule has 0 unspecified atom stereocenters. The fourth-order valence-corrected chi connectivity index (χ4v) is 2.29. The highest BCUT2D eigenvalue weighted by molar-refractivity contribution is 5.94. The van der Waals surface area contributed by atoms with Gasteiger partial charge in [0.1, 0.15) is 5.82 Å². The van der Waals surface area contributed by atoms with Gasteiger partial charge >= 0.3 is 0 Å². The van der Waals surface area contributed by atoms with Crippen molar-refractivity contribution in [1.82, 2.24) is 9.78 Å². The Balaban J connectivity index is 1.79. The number of aromatic nitrogens is 2. The Morgan fingerprint density at radius 2 is 2.30 bits per heavy atom. The fraction of sp³-hybridized carbons (Fsp3) is 0.286. The number of hydrogen-bond acceptors (Lipinski definition) is 3. The molecule has 1 aromatic carbocycles. The van der Waals surface area contributed by atoms with Crippen LogP contribution in [0.5, 0.6) is 0 Å². The van der Waals surface area contributed by atoms with E-state index in [0.29, 0.717) is 30.8 Å². The van der Waals surface area contributed by atoms with Crippen LogP contribution < -0.4 is 10.6 Å². The first kappa shape index (κ1) is 12.7. The third kappa shape index (κ3) is 2.49. The number of nitrogens with one attached hydrogen (secondary N) is 2. The van der Waals surface area contributed by atoms with E-state index in [4.69, 9.17) is 0 Å². The smallest absolute Gasteiger partial charge is 0.224 e. The molecule has 0 bridgehead atoms. The van der Waals surface area contributed by atoms with Crippen molar-refractivity contribution in [3.05, 3.63) is 41.5 Å². The highest BCUT2D eigenvalue weighted by Crippen LogP contribution is 2.28. The molecule has 1 aliphatic heterocycles. The highest BCUT2D eigenvalue weighted by Gasteiger charge is 2.17. The molecule has 2 heterocycles. The Morgan fingerprint density at radius 3 is 3.05 bits per heavy atom. The normalized spacial score (nSPS) is 13.8. The lowest BCUT2D eigenvalue weighted by atomic mass is 10.0. The number of anilines is 2. The number of nitrogens with zero attached hydrogens (tertiary/aromatic N) is 2. The van der Waals surface area contributed by atoms with E-state index in [1.807, 2.05) is 13.2 Å². The number of carbonyl (C=O) groups excluding carboxylic acids is 1. The molecular formula is C14H15FN4O. The van der Waals surface area contributed by atoms with E-state index in [2.05, 4.69) is 15.7 Å². The number of aryl methyl sites for hydroxylation is 2. The summed E-state index contributed by atoms with van der Waals surface area (Å²) in [6.45, 7) is 0.484. The zero-order valence-electron chi connectivity index (χ0n) is 11.1. The van der Waals surface area contributed by atoms with Crippen molar-refractivity contribution in [1.29, 1.82) is 0 Å². The summed E-state index contributed by atoms with van der Waals surface area (Å²) in [4.78, 5) is 11.4. The maximum absolute atomic E-state index is 14.0. The monoisotopic (exact) mass is 274 g/mol. The van der Waals surface area contributed by atoms with Gasteiger partial charge in [0.05, 0.1) is 11.9 Å². The number of halogens is 1. The Kier molecular flexibility index (Phi) is 3.14. The van der Waals surface area contributed by atoms with Gasteiger partial charge in [-0.2, -0.15) is 5.10 Å². The van der Waals surface area contributed by atoms with E-state index >= 15 is 0 Å². The molecule has 0 saturated carbocycles. The minimum atomic E-state index is -0.302. The van der Waals surface area contributed by atoms with Crippen LogP contribution in [0.3, 0.4) is 0 Å². The molecule has 5 nitrogen and oxygen atoms in total. The third-order valence-electron chi connectivity index (χ3n) is 3.33. The van der Waals surface area contributed by atoms with Gasteiger partial charge in [0.15, 0.2) is 0 Å². The molecule has 2 N–H and O–H groups in total. The lowest BCUT2D eigenvalue weighted by Crippen LogP contribution is -2.19. The number of carbonyl (C=O) groups is 1. The molecule has 0 saturated heterocycles. The highest BCUT2D eigenvalue weighted by atomic mass is 19.1. The maximum atomic E-state index is 14.0. The Hall–Kier alpha value is -2.37. The van der Waals surface area contributed by atoms with E-state index in [0.717, 1.165) is 11.1 Å². The molecule has 1 aliphatic rings. The summed E-state index contributed by atoms with van der Waals surface area (Å²) >= 11 is 0. The Bertz CT molecular complexity index is 665. The molecule has 1 aromatic heterocycles. The Labute approximate surface area is 115 Å². The number of benzene rings is 1. The molecule has 20 heavy (non-hydrogen) atoms. The second-order valence-electron chi connectivity index (χ2n) is 4.91. The largest absolute Gasteiger partial charge is 0.378 e. The summed E-state index contributed by atoms with van der Waals surface area (Å²) < 4.78 is 15.7. The van der Waals surface area contributed by atoms with Crippen molar-refractivity contribution in [2.75, 3.05) is 10.6 Å². The van der Waals surface area contributed by atoms with Gasteiger partial charge in [-0.15, -0.1) is 0 Å². The zero-order valence-corrected chi connectivity index (χ0v) is 11.1. The summed E-state index contributed by atoms with van der Waals surface area (Å²) in [5, 5.41) is 9.85. The molecule has 6 heteroatoms. The first-order valence-corrected chi connectivity index (χ1v) is 6.45. The molecule has 0 fully saturated rings. The molecule has 2 aromatic rings. The van der Waals surface area contributed by atoms with Crippen molar-refractivity contribution >= 4 is 17.3 Å². The minimum Gasteiger partial charge on any atom is -0.378 e. The topological polar surface area (TPSA) is 59.0 Å². The second kappa shape index (κ2) is 4.96. The van der Waals surface area contributed by atoms with Gasteiger partial charge in [-0.1, -0.05) is 0 Å². The number of amides is 1. The van der Waals surface area contributed by atoms with E-state index < -0.39 is 0 Å². The van der Waals surface area contributed by atoms with Gasteiger partial charge in [-0.3, -0.25) is 9.48 Å². The van der Waals surface area contributed by atoms with Crippen LogP contribution in [0.1, 0.15) is 17.5 Å². The number of hydrogen-bond donors (Lipinski definition) is 2. The maximum Gasteiger partial charge on any atom is 0.224 e. The predicted molar refractivity (Wildman–Crippen MR) is 73.9 cm³/mol. The second-order valence-corrected chi connectivity index (χ2v) is 4.91. The molecule has 1 amide bonds. The van der Waals surface area contributed by atoms with Gasteiger partial charge in [-0.05, 0) is 24.1 Å². The van der Waals surface area contributed by atoms with Gasteiger partial charge in [0.25, 0.3) is 0 Å². The molecular weight excluding hydrogens is 259 g/mol. The number of rotatable bonds is 3. The van der Waals surface area contributed by atoms with Crippen molar-refractivity contribution in [3.8, 4) is 0 Å². The van der Waals surface area contributed by atoms with Crippen LogP contribution in [0.15, 0.2) is 24.5 Å². The average Bonchev–Trinajstić information content (AvgIpc) is 2.83. The van der Waals surface area contributed by atoms with Crippen LogP contribution in [-0.2, 0) is 24.8 Å². The van der Waals surface area contributed by atoms with Crippen molar-refractivity contribution < 1.29 is 9.18 Å². The lowest BCUT2D eigenvalue weighted by molar-refractivity contribution is -0.116. The van der Waals surface area contributed by atoms with Crippen molar-refractivity contribution in [2.45, 2.75) is 19.4 Å². The summed E-state index contributed by atoms with van der Waals surface area (Å²) in [7, 11) is 1.83. The van der Waals surface area contributed by atoms with Crippen LogP contribution in [0.4, 0.5) is 15.8 Å². The van der Waals surface area contributed by atoms with Gasteiger partial charge < -0.3 is 10.6 Å². The van der Waals surface area contributed by atoms with E-state index in [1.54, 1.807) is 16.9 Å². The van der Waals surface area contributed by atoms with Crippen LogP contribution in [0, 0.1) is 5.82 Å². The summed E-state index contributed by atoms with van der Waals surface area (Å²) in [5.74, 6) is -0.328. The average molecular weight is 274 g/mol. The number of fused-ring (bicyclic) bond motifs is 1. The zero-order chi connectivity index (χ0) is 14.1. The lowest BCUT2D eigenvalue weighted by Gasteiger charge is -2.18. The van der Waals surface area contributed by atoms with Crippen LogP contribution in [0.2, 0.25) is 0 Å². The summed E-state index contributed by atoms with van der Waals surface area (Å²) in [5.41, 5.74) is 2.88. The van der Waals surface area contributed by atoms with Crippen LogP contribution in [-0.4, -0.2) is 15.7 Å². The van der Waals surface area contributed by atoms with Gasteiger partial charge in [0.2, 0.25) is 5.91 Å². The molecule has 0 spiro atoms. The standard InChI is InChI=1S/C14H15FN4O/c1-19-8-9(7-17-19)6-16-13-5-12-10(4-11(13)15)2-3-14(20)18-12/h4-5,7-8,16H,2-3,6H2,1H3,(H,18,20). The van der Waals surface area contributed by atoms with Crippen molar-refractivity contribution in [3.63, 3.8) is 0 Å². The van der Waals surface area contributed by atoms with Crippen LogP contribution >= 0.6 is 0 Å². The SMILES string of the molecule is Cn1cc(CNc2cc3c(cc2F)CCC(=O)N3)cn1. The summed E-state index contributed by atoms with van der Waals surface area (Å²) in [6.07, 6.45) is 4.59. The van der Waals surface area contributed by atoms with E-state index in [9.17, 15) is 9.18 Å². The molecule has 104 valence electrons. The molecule has 0 radical (unpaired) electrons. The minimum absolute atomic E-state index is 0.0256. The van der Waals surface area contributed by atoms with Crippen LogP contribution in [0.25, 0.3) is 0 Å². The predicted octanol–water partition coefficient (Wildman–Crippen LogP) is 2.06. The first-order chi connectivity index (χ1) is 9.61. The van der Waals surface area contributed by atoms with Gasteiger partial charge in [0, 0.05) is 37.5 Å². The van der Waals surface area contributed by atoms with Crippen molar-refractivity contribution in [2.24, 2.45) is 7.05 Å². The molecule has 0 atom stereocenters. The molecule has 3 rings (SSSR count).